The average molecular weight is 392 g/mol. The number of ether oxygens (including phenoxy) is 1. The Balaban J connectivity index is 1.48. The molecule has 0 fully saturated rings. The number of hydrogen-bond donors (Lipinski definition) is 1. The molecule has 0 spiro atoms. The van der Waals surface area contributed by atoms with Crippen molar-refractivity contribution >= 4 is 17.7 Å². The molecule has 3 aromatic carbocycles. The van der Waals surface area contributed by atoms with Crippen LogP contribution in [0.1, 0.15) is 28.4 Å². The first-order valence-electron chi connectivity index (χ1n) is 9.38. The average Bonchev–Trinajstić information content (AvgIpc) is 2.73. The van der Waals surface area contributed by atoms with Crippen LogP contribution in [-0.2, 0) is 5.75 Å². The normalized spacial score (nSPS) is 11.6. The number of carbonyl (C=O) groups is 1. The Bertz CT molecular complexity index is 894. The van der Waals surface area contributed by atoms with E-state index in [4.69, 9.17) is 4.74 Å². The van der Waals surface area contributed by atoms with Crippen molar-refractivity contribution < 1.29 is 9.53 Å². The van der Waals surface area contributed by atoms with Crippen molar-refractivity contribution in [3.8, 4) is 5.75 Å². The fourth-order valence-corrected chi connectivity index (χ4v) is 3.59. The van der Waals surface area contributed by atoms with E-state index in [1.807, 2.05) is 80.6 Å². The predicted molar refractivity (Wildman–Crippen MR) is 116 cm³/mol. The second-order valence-corrected chi connectivity index (χ2v) is 7.80. The number of carbonyl (C=O) groups excluding carboxylic acids is 1. The van der Waals surface area contributed by atoms with Crippen molar-refractivity contribution in [2.45, 2.75) is 30.5 Å². The smallest absolute Gasteiger partial charge is 0.251 e. The predicted octanol–water partition coefficient (Wildman–Crippen LogP) is 5.48. The van der Waals surface area contributed by atoms with Crippen LogP contribution < -0.4 is 10.1 Å². The van der Waals surface area contributed by atoms with Gasteiger partial charge in [-0.15, -0.1) is 11.8 Å². The van der Waals surface area contributed by atoms with E-state index in [1.165, 1.54) is 10.5 Å². The van der Waals surface area contributed by atoms with Crippen molar-refractivity contribution in [3.63, 3.8) is 0 Å². The molecule has 28 heavy (non-hydrogen) atoms. The van der Waals surface area contributed by atoms with Gasteiger partial charge in [-0.2, -0.15) is 0 Å². The SMILES string of the molecule is Cc1ccccc1OC[C@H](C)NC(=O)c1ccc(CSc2ccccc2)cc1. The van der Waals surface area contributed by atoms with Gasteiger partial charge in [0.15, 0.2) is 0 Å². The molecular weight excluding hydrogens is 366 g/mol. The summed E-state index contributed by atoms with van der Waals surface area (Å²) in [5, 5.41) is 2.99. The molecule has 1 atom stereocenters. The zero-order chi connectivity index (χ0) is 19.8. The number of benzene rings is 3. The molecule has 1 N–H and O–H groups in total. The summed E-state index contributed by atoms with van der Waals surface area (Å²) >= 11 is 1.79. The molecular formula is C24H25NO2S. The van der Waals surface area contributed by atoms with Crippen molar-refractivity contribution in [1.82, 2.24) is 5.32 Å². The largest absolute Gasteiger partial charge is 0.491 e. The molecule has 0 radical (unpaired) electrons. The van der Waals surface area contributed by atoms with E-state index >= 15 is 0 Å². The van der Waals surface area contributed by atoms with Crippen LogP contribution in [0.15, 0.2) is 83.8 Å². The van der Waals surface area contributed by atoms with Crippen molar-refractivity contribution in [1.29, 1.82) is 0 Å². The maximum absolute atomic E-state index is 12.5. The van der Waals surface area contributed by atoms with Crippen LogP contribution in [0.2, 0.25) is 0 Å². The Labute approximate surface area is 171 Å². The molecule has 144 valence electrons. The molecule has 0 bridgehead atoms. The number of nitrogens with one attached hydrogen (secondary N) is 1. The van der Waals surface area contributed by atoms with Gasteiger partial charge in [0.05, 0.1) is 6.04 Å². The van der Waals surface area contributed by atoms with E-state index in [-0.39, 0.29) is 11.9 Å². The number of aryl methyl sites for hydroxylation is 1. The Morgan fingerprint density at radius 2 is 1.64 bits per heavy atom. The van der Waals surface area contributed by atoms with Gasteiger partial charge in [0.25, 0.3) is 5.91 Å². The Kier molecular flexibility index (Phi) is 7.15. The van der Waals surface area contributed by atoms with Crippen molar-refractivity contribution in [2.24, 2.45) is 0 Å². The summed E-state index contributed by atoms with van der Waals surface area (Å²) in [7, 11) is 0. The maximum Gasteiger partial charge on any atom is 0.251 e. The van der Waals surface area contributed by atoms with Gasteiger partial charge in [-0.05, 0) is 55.3 Å². The highest BCUT2D eigenvalue weighted by atomic mass is 32.2. The van der Waals surface area contributed by atoms with Crippen LogP contribution in [-0.4, -0.2) is 18.6 Å². The highest BCUT2D eigenvalue weighted by Crippen LogP contribution is 2.22. The van der Waals surface area contributed by atoms with E-state index in [1.54, 1.807) is 11.8 Å². The lowest BCUT2D eigenvalue weighted by Crippen LogP contribution is -2.36. The summed E-state index contributed by atoms with van der Waals surface area (Å²) in [6, 6.07) is 25.9. The second kappa shape index (κ2) is 10.00. The highest BCUT2D eigenvalue weighted by Gasteiger charge is 2.11. The lowest BCUT2D eigenvalue weighted by molar-refractivity contribution is 0.0926. The molecule has 3 nitrogen and oxygen atoms in total. The third-order valence-electron chi connectivity index (χ3n) is 4.32. The minimum absolute atomic E-state index is 0.0804. The first-order valence-corrected chi connectivity index (χ1v) is 10.4. The van der Waals surface area contributed by atoms with Gasteiger partial charge in [0, 0.05) is 16.2 Å². The minimum atomic E-state index is -0.0829. The van der Waals surface area contributed by atoms with Gasteiger partial charge in [0.1, 0.15) is 12.4 Å². The Morgan fingerprint density at radius 3 is 2.36 bits per heavy atom. The quantitative estimate of drug-likeness (QED) is 0.516. The molecule has 0 aliphatic heterocycles. The lowest BCUT2D eigenvalue weighted by Gasteiger charge is -2.16. The number of para-hydroxylation sites is 1. The molecule has 0 aliphatic rings. The van der Waals surface area contributed by atoms with Crippen LogP contribution in [0.5, 0.6) is 5.75 Å². The summed E-state index contributed by atoms with van der Waals surface area (Å²) in [6.07, 6.45) is 0. The summed E-state index contributed by atoms with van der Waals surface area (Å²) in [4.78, 5) is 13.7. The zero-order valence-electron chi connectivity index (χ0n) is 16.2. The fraction of sp³-hybridized carbons (Fsp3) is 0.208. The summed E-state index contributed by atoms with van der Waals surface area (Å²) < 4.78 is 5.81. The molecule has 0 unspecified atom stereocenters. The summed E-state index contributed by atoms with van der Waals surface area (Å²) in [6.45, 7) is 4.39. The van der Waals surface area contributed by atoms with Gasteiger partial charge >= 0.3 is 0 Å². The summed E-state index contributed by atoms with van der Waals surface area (Å²) in [5.41, 5.74) is 2.95. The zero-order valence-corrected chi connectivity index (χ0v) is 17.0. The second-order valence-electron chi connectivity index (χ2n) is 6.75. The van der Waals surface area contributed by atoms with Gasteiger partial charge in [-0.1, -0.05) is 48.5 Å². The maximum atomic E-state index is 12.5. The van der Waals surface area contributed by atoms with E-state index in [9.17, 15) is 4.79 Å². The highest BCUT2D eigenvalue weighted by molar-refractivity contribution is 7.98. The summed E-state index contributed by atoms with van der Waals surface area (Å²) in [5.74, 6) is 1.65. The fourth-order valence-electron chi connectivity index (χ4n) is 2.72. The number of rotatable bonds is 8. The number of thioether (sulfide) groups is 1. The van der Waals surface area contributed by atoms with Gasteiger partial charge in [0.2, 0.25) is 0 Å². The molecule has 0 heterocycles. The molecule has 0 saturated heterocycles. The van der Waals surface area contributed by atoms with E-state index < -0.39 is 0 Å². The topological polar surface area (TPSA) is 38.3 Å². The van der Waals surface area contributed by atoms with Gasteiger partial charge in [-0.25, -0.2) is 0 Å². The molecule has 1 amide bonds. The van der Waals surface area contributed by atoms with Crippen LogP contribution in [0, 0.1) is 6.92 Å². The minimum Gasteiger partial charge on any atom is -0.491 e. The van der Waals surface area contributed by atoms with E-state index in [0.717, 1.165) is 17.1 Å². The molecule has 0 saturated carbocycles. The first-order chi connectivity index (χ1) is 13.6. The third kappa shape index (κ3) is 5.89. The van der Waals surface area contributed by atoms with E-state index in [0.29, 0.717) is 12.2 Å². The van der Waals surface area contributed by atoms with Crippen LogP contribution >= 0.6 is 11.8 Å². The molecule has 0 aromatic heterocycles. The van der Waals surface area contributed by atoms with E-state index in [2.05, 4.69) is 17.4 Å². The van der Waals surface area contributed by atoms with Crippen LogP contribution in [0.3, 0.4) is 0 Å². The van der Waals surface area contributed by atoms with Gasteiger partial charge in [-0.3, -0.25) is 4.79 Å². The Hall–Kier alpha value is -2.72. The molecule has 0 aliphatic carbocycles. The lowest BCUT2D eigenvalue weighted by atomic mass is 10.1. The standard InChI is InChI=1S/C24H25NO2S/c1-18-8-6-7-11-23(18)27-16-19(2)25-24(26)21-14-12-20(13-15-21)17-28-22-9-4-3-5-10-22/h3-15,19H,16-17H2,1-2H3,(H,25,26)/t19-/m0/s1. The molecule has 4 heteroatoms. The molecule has 3 rings (SSSR count). The monoisotopic (exact) mass is 391 g/mol. The van der Waals surface area contributed by atoms with Crippen molar-refractivity contribution in [2.75, 3.05) is 6.61 Å². The van der Waals surface area contributed by atoms with Crippen LogP contribution in [0.25, 0.3) is 0 Å². The van der Waals surface area contributed by atoms with Crippen LogP contribution in [0.4, 0.5) is 0 Å². The number of amides is 1. The molecule has 3 aromatic rings. The third-order valence-corrected chi connectivity index (χ3v) is 5.41. The van der Waals surface area contributed by atoms with Gasteiger partial charge < -0.3 is 10.1 Å². The number of hydrogen-bond acceptors (Lipinski definition) is 3. The Morgan fingerprint density at radius 1 is 0.964 bits per heavy atom. The van der Waals surface area contributed by atoms with Crippen molar-refractivity contribution in [3.05, 3.63) is 95.6 Å². The first kappa shape index (κ1) is 20.0.